The molecule has 0 aliphatic carbocycles. The van der Waals surface area contributed by atoms with Crippen LogP contribution in [0.5, 0.6) is 0 Å². The number of hydrogen-bond donors (Lipinski definition) is 1. The highest BCUT2D eigenvalue weighted by atomic mass is 15.5. The lowest BCUT2D eigenvalue weighted by Crippen LogP contribution is -1.87. The first-order chi connectivity index (χ1) is 5.22. The molecule has 11 heavy (non-hydrogen) atoms. The monoisotopic (exact) mass is 150 g/mol. The topological polar surface area (TPSA) is 46.0 Å². The van der Waals surface area contributed by atoms with Crippen molar-refractivity contribution in [1.29, 1.82) is 0 Å². The van der Waals surface area contributed by atoms with Crippen LogP contribution in [0.2, 0.25) is 0 Å². The maximum Gasteiger partial charge on any atom is 0.180 e. The molecule has 0 amide bonds. The van der Waals surface area contributed by atoms with Crippen molar-refractivity contribution >= 4 is 5.65 Å². The lowest BCUT2D eigenvalue weighted by atomic mass is 10.2. The Kier molecular flexibility index (Phi) is 1.07. The van der Waals surface area contributed by atoms with Crippen molar-refractivity contribution in [1.82, 2.24) is 20.0 Å². The fraction of sp³-hybridized carbons (Fsp3) is 0.429. The van der Waals surface area contributed by atoms with Crippen LogP contribution in [0.15, 0.2) is 0 Å². The molecule has 0 saturated carbocycles. The third-order valence-corrected chi connectivity index (χ3v) is 2.28. The second kappa shape index (κ2) is 1.84. The summed E-state index contributed by atoms with van der Waals surface area (Å²) in [5.41, 5.74) is 4.60. The minimum Gasteiger partial charge on any atom is -0.223 e. The van der Waals surface area contributed by atoms with Crippen LogP contribution in [-0.4, -0.2) is 20.0 Å². The molecule has 4 nitrogen and oxygen atoms in total. The van der Waals surface area contributed by atoms with E-state index < -0.39 is 0 Å². The van der Waals surface area contributed by atoms with Crippen LogP contribution in [0, 0.1) is 20.8 Å². The van der Waals surface area contributed by atoms with E-state index in [9.17, 15) is 0 Å². The first kappa shape index (κ1) is 6.39. The second-order valence-corrected chi connectivity index (χ2v) is 2.79. The zero-order valence-corrected chi connectivity index (χ0v) is 6.84. The molecule has 0 spiro atoms. The number of hydrogen-bond acceptors (Lipinski definition) is 2. The molecule has 0 radical (unpaired) electrons. The molecule has 0 saturated heterocycles. The van der Waals surface area contributed by atoms with Gasteiger partial charge in [0.05, 0.1) is 0 Å². The van der Waals surface area contributed by atoms with E-state index in [1.165, 1.54) is 16.8 Å². The smallest absolute Gasteiger partial charge is 0.180 e. The summed E-state index contributed by atoms with van der Waals surface area (Å²) in [5.74, 6) is 0. The molecule has 4 heteroatoms. The van der Waals surface area contributed by atoms with E-state index in [0.717, 1.165) is 5.65 Å². The number of fused-ring (bicyclic) bond motifs is 1. The Labute approximate surface area is 64.2 Å². The van der Waals surface area contributed by atoms with E-state index in [-0.39, 0.29) is 0 Å². The fourth-order valence-electron chi connectivity index (χ4n) is 1.29. The molecule has 0 aliphatic heterocycles. The van der Waals surface area contributed by atoms with Crippen molar-refractivity contribution in [3.63, 3.8) is 0 Å². The van der Waals surface area contributed by atoms with Crippen molar-refractivity contribution in [2.45, 2.75) is 20.8 Å². The molecular formula is C7H10N4. The van der Waals surface area contributed by atoms with E-state index in [2.05, 4.69) is 36.3 Å². The van der Waals surface area contributed by atoms with Gasteiger partial charge in [0.15, 0.2) is 5.65 Å². The maximum absolute atomic E-state index is 3.96. The van der Waals surface area contributed by atoms with Gasteiger partial charge in [-0.05, 0) is 26.3 Å². The minimum absolute atomic E-state index is 0.931. The van der Waals surface area contributed by atoms with Crippen LogP contribution >= 0.6 is 0 Å². The quantitative estimate of drug-likeness (QED) is 0.608. The fourth-order valence-corrected chi connectivity index (χ4v) is 1.29. The molecule has 2 heterocycles. The minimum atomic E-state index is 0.931. The summed E-state index contributed by atoms with van der Waals surface area (Å²) in [6.07, 6.45) is 0. The van der Waals surface area contributed by atoms with Crippen molar-refractivity contribution in [2.24, 2.45) is 0 Å². The van der Waals surface area contributed by atoms with Gasteiger partial charge in [0.2, 0.25) is 0 Å². The maximum atomic E-state index is 3.96. The Balaban J connectivity index is 3.00. The van der Waals surface area contributed by atoms with Crippen LogP contribution in [0.25, 0.3) is 5.65 Å². The molecule has 2 aromatic rings. The van der Waals surface area contributed by atoms with E-state index in [1.54, 1.807) is 0 Å². The van der Waals surface area contributed by atoms with Gasteiger partial charge < -0.3 is 0 Å². The number of rotatable bonds is 0. The molecule has 0 atom stereocenters. The van der Waals surface area contributed by atoms with E-state index in [0.29, 0.717) is 0 Å². The van der Waals surface area contributed by atoms with E-state index >= 15 is 0 Å². The molecular weight excluding hydrogens is 140 g/mol. The SMILES string of the molecule is Cc1c(C)c2nn[nH]n2c1C. The van der Waals surface area contributed by atoms with Crippen molar-refractivity contribution in [3.8, 4) is 0 Å². The highest BCUT2D eigenvalue weighted by molar-refractivity contribution is 5.53. The molecule has 0 fully saturated rings. The number of aromatic amines is 1. The average molecular weight is 150 g/mol. The Morgan fingerprint density at radius 2 is 1.91 bits per heavy atom. The predicted octanol–water partition coefficient (Wildman–Crippen LogP) is 0.983. The van der Waals surface area contributed by atoms with Crippen LogP contribution in [-0.2, 0) is 0 Å². The number of aryl methyl sites for hydroxylation is 2. The standard InChI is InChI=1S/C7H10N4/c1-4-5(2)7-8-9-10-11(7)6(4)3/h1-3H3,(H,8,10). The zero-order chi connectivity index (χ0) is 8.01. The Morgan fingerprint density at radius 3 is 2.55 bits per heavy atom. The van der Waals surface area contributed by atoms with Crippen molar-refractivity contribution < 1.29 is 0 Å². The first-order valence-electron chi connectivity index (χ1n) is 3.57. The lowest BCUT2D eigenvalue weighted by Gasteiger charge is -1.89. The third-order valence-electron chi connectivity index (χ3n) is 2.28. The van der Waals surface area contributed by atoms with Gasteiger partial charge in [-0.2, -0.15) is 5.21 Å². The van der Waals surface area contributed by atoms with Gasteiger partial charge in [-0.25, -0.2) is 4.52 Å². The van der Waals surface area contributed by atoms with Gasteiger partial charge in [0.1, 0.15) is 0 Å². The molecule has 2 rings (SSSR count). The Bertz CT molecular complexity index is 361. The third kappa shape index (κ3) is 0.636. The molecule has 0 aromatic carbocycles. The van der Waals surface area contributed by atoms with Crippen LogP contribution < -0.4 is 0 Å². The van der Waals surface area contributed by atoms with Gasteiger partial charge in [-0.15, -0.1) is 5.10 Å². The van der Waals surface area contributed by atoms with Crippen molar-refractivity contribution in [3.05, 3.63) is 16.8 Å². The number of H-pyrrole nitrogens is 1. The number of tetrazole rings is 1. The molecule has 2 aromatic heterocycles. The normalized spacial score (nSPS) is 11.2. The average Bonchev–Trinajstić information content (AvgIpc) is 2.53. The van der Waals surface area contributed by atoms with Gasteiger partial charge in [-0.3, -0.25) is 0 Å². The van der Waals surface area contributed by atoms with Gasteiger partial charge in [0.25, 0.3) is 0 Å². The van der Waals surface area contributed by atoms with Gasteiger partial charge in [0, 0.05) is 11.3 Å². The first-order valence-corrected chi connectivity index (χ1v) is 3.57. The Morgan fingerprint density at radius 1 is 1.18 bits per heavy atom. The van der Waals surface area contributed by atoms with E-state index in [1.807, 2.05) is 4.52 Å². The van der Waals surface area contributed by atoms with Crippen molar-refractivity contribution in [2.75, 3.05) is 0 Å². The van der Waals surface area contributed by atoms with Crippen LogP contribution in [0.4, 0.5) is 0 Å². The van der Waals surface area contributed by atoms with Crippen LogP contribution in [0.3, 0.4) is 0 Å². The van der Waals surface area contributed by atoms with Crippen LogP contribution in [0.1, 0.15) is 16.8 Å². The lowest BCUT2D eigenvalue weighted by molar-refractivity contribution is 0.804. The highest BCUT2D eigenvalue weighted by Gasteiger charge is 2.09. The van der Waals surface area contributed by atoms with Gasteiger partial charge in [-0.1, -0.05) is 5.21 Å². The summed E-state index contributed by atoms with van der Waals surface area (Å²) in [6.45, 7) is 6.20. The second-order valence-electron chi connectivity index (χ2n) is 2.79. The largest absolute Gasteiger partial charge is 0.223 e. The summed E-state index contributed by atoms with van der Waals surface area (Å²) >= 11 is 0. The molecule has 1 N–H and O–H groups in total. The number of aromatic nitrogens is 4. The Hall–Kier alpha value is -1.32. The number of nitrogens with one attached hydrogen (secondary N) is 1. The summed E-state index contributed by atoms with van der Waals surface area (Å²) in [6, 6.07) is 0. The summed E-state index contributed by atoms with van der Waals surface area (Å²) in [7, 11) is 0. The van der Waals surface area contributed by atoms with Gasteiger partial charge >= 0.3 is 0 Å². The zero-order valence-electron chi connectivity index (χ0n) is 6.84. The van der Waals surface area contributed by atoms with E-state index in [4.69, 9.17) is 0 Å². The molecule has 58 valence electrons. The molecule has 0 unspecified atom stereocenters. The summed E-state index contributed by atoms with van der Waals surface area (Å²) < 4.78 is 1.89. The summed E-state index contributed by atoms with van der Waals surface area (Å²) in [4.78, 5) is 0. The highest BCUT2D eigenvalue weighted by Crippen LogP contribution is 2.17. The predicted molar refractivity (Wildman–Crippen MR) is 41.5 cm³/mol. The molecule has 0 bridgehead atoms. The molecule has 0 aliphatic rings. The number of nitrogens with zero attached hydrogens (tertiary/aromatic N) is 3. The summed E-state index contributed by atoms with van der Waals surface area (Å²) in [5, 5.41) is 10.5.